The Hall–Kier alpha value is -3.10. The first-order valence-corrected chi connectivity index (χ1v) is 10.2. The summed E-state index contributed by atoms with van der Waals surface area (Å²) in [6, 6.07) is 17.9. The maximum atomic E-state index is 13.2. The van der Waals surface area contributed by atoms with Crippen molar-refractivity contribution in [1.82, 2.24) is 4.98 Å². The Balaban J connectivity index is 1.51. The molecule has 1 heterocycles. The number of nitrogens with zero attached hydrogens (tertiary/aromatic N) is 1. The van der Waals surface area contributed by atoms with Crippen LogP contribution in [0.25, 0.3) is 20.8 Å². The molecule has 4 rings (SSSR count). The second kappa shape index (κ2) is 8.56. The van der Waals surface area contributed by atoms with Gasteiger partial charge in [-0.25, -0.2) is 4.98 Å². The van der Waals surface area contributed by atoms with Crippen molar-refractivity contribution in [3.05, 3.63) is 77.3 Å². The fourth-order valence-electron chi connectivity index (χ4n) is 2.95. The zero-order chi connectivity index (χ0) is 22.0. The number of anilines is 1. The largest absolute Gasteiger partial charge is 0.483 e. The van der Waals surface area contributed by atoms with Crippen LogP contribution >= 0.6 is 22.9 Å². The molecule has 0 saturated carbocycles. The number of alkyl halides is 3. The van der Waals surface area contributed by atoms with Crippen molar-refractivity contribution >= 4 is 44.7 Å². The lowest BCUT2D eigenvalue weighted by Crippen LogP contribution is -2.22. The molecule has 3 aromatic carbocycles. The average Bonchev–Trinajstić information content (AvgIpc) is 3.17. The summed E-state index contributed by atoms with van der Waals surface area (Å²) in [5, 5.41) is 2.88. The molecule has 0 spiro atoms. The molecule has 1 N–H and O–H groups in total. The van der Waals surface area contributed by atoms with E-state index in [0.29, 0.717) is 16.3 Å². The van der Waals surface area contributed by atoms with Crippen molar-refractivity contribution in [2.75, 3.05) is 11.9 Å². The molecule has 1 amide bonds. The molecule has 0 fully saturated rings. The van der Waals surface area contributed by atoms with Gasteiger partial charge in [-0.1, -0.05) is 35.9 Å². The number of aromatic nitrogens is 1. The monoisotopic (exact) mass is 462 g/mol. The number of hydrogen-bond acceptors (Lipinski definition) is 4. The Labute approximate surface area is 184 Å². The number of hydrogen-bond donors (Lipinski definition) is 1. The first kappa shape index (κ1) is 21.1. The fourth-order valence-corrected chi connectivity index (χ4v) is 4.11. The number of ether oxygens (including phenoxy) is 1. The Morgan fingerprint density at radius 3 is 2.58 bits per heavy atom. The molecule has 4 nitrogen and oxygen atoms in total. The third kappa shape index (κ3) is 4.81. The lowest BCUT2D eigenvalue weighted by atomic mass is 10.1. The first-order chi connectivity index (χ1) is 14.8. The second-order valence-electron chi connectivity index (χ2n) is 6.51. The summed E-state index contributed by atoms with van der Waals surface area (Å²) < 4.78 is 46.3. The molecule has 1 aromatic heterocycles. The number of nitrogens with one attached hydrogen (secondary N) is 1. The van der Waals surface area contributed by atoms with Crippen molar-refractivity contribution < 1.29 is 22.7 Å². The van der Waals surface area contributed by atoms with E-state index >= 15 is 0 Å². The normalized spacial score (nSPS) is 11.5. The van der Waals surface area contributed by atoms with Gasteiger partial charge in [0.2, 0.25) is 0 Å². The predicted molar refractivity (Wildman–Crippen MR) is 116 cm³/mol. The number of para-hydroxylation sites is 2. The summed E-state index contributed by atoms with van der Waals surface area (Å²) in [7, 11) is 0. The van der Waals surface area contributed by atoms with Crippen LogP contribution in [0.15, 0.2) is 66.7 Å². The summed E-state index contributed by atoms with van der Waals surface area (Å²) in [6.07, 6.45) is -4.66. The van der Waals surface area contributed by atoms with E-state index in [-0.39, 0.29) is 10.7 Å². The van der Waals surface area contributed by atoms with E-state index in [0.717, 1.165) is 22.3 Å². The molecule has 0 aliphatic rings. The van der Waals surface area contributed by atoms with E-state index in [2.05, 4.69) is 10.3 Å². The average molecular weight is 463 g/mol. The molecule has 0 aliphatic heterocycles. The van der Waals surface area contributed by atoms with Crippen LogP contribution in [0.2, 0.25) is 5.02 Å². The van der Waals surface area contributed by atoms with Gasteiger partial charge in [-0.2, -0.15) is 13.2 Å². The molecule has 0 radical (unpaired) electrons. The third-order valence-corrected chi connectivity index (χ3v) is 5.64. The lowest BCUT2D eigenvalue weighted by Gasteiger charge is -2.15. The number of benzene rings is 3. The van der Waals surface area contributed by atoms with Gasteiger partial charge < -0.3 is 10.1 Å². The molecule has 0 aliphatic carbocycles. The highest BCUT2D eigenvalue weighted by Crippen LogP contribution is 2.37. The summed E-state index contributed by atoms with van der Waals surface area (Å²) in [5.74, 6) is -0.323. The highest BCUT2D eigenvalue weighted by Gasteiger charge is 2.34. The lowest BCUT2D eigenvalue weighted by molar-refractivity contribution is -0.137. The van der Waals surface area contributed by atoms with Gasteiger partial charge in [-0.05, 0) is 42.5 Å². The predicted octanol–water partition coefficient (Wildman–Crippen LogP) is 6.65. The molecule has 4 aromatic rings. The van der Waals surface area contributed by atoms with Crippen molar-refractivity contribution in [3.63, 3.8) is 0 Å². The molecular formula is C22H14ClF3N2O2S. The van der Waals surface area contributed by atoms with E-state index in [9.17, 15) is 18.0 Å². The summed E-state index contributed by atoms with van der Waals surface area (Å²) in [4.78, 5) is 16.9. The SMILES string of the molecule is O=C(COc1ccccc1-c1nc2ccccc2s1)Nc1ccc(Cl)cc1C(F)(F)F. The molecular weight excluding hydrogens is 449 g/mol. The standard InChI is InChI=1S/C22H14ClF3N2O2S/c23-13-9-10-16(15(11-13)22(24,25)26)27-20(29)12-30-18-7-3-1-5-14(18)21-28-17-6-2-4-8-19(17)31-21/h1-11H,12H2,(H,27,29). The van der Waals surface area contributed by atoms with Crippen LogP contribution in [-0.2, 0) is 11.0 Å². The van der Waals surface area contributed by atoms with Crippen molar-refractivity contribution in [3.8, 4) is 16.3 Å². The van der Waals surface area contributed by atoms with E-state index in [4.69, 9.17) is 16.3 Å². The summed E-state index contributed by atoms with van der Waals surface area (Å²) in [6.45, 7) is -0.470. The fraction of sp³-hybridized carbons (Fsp3) is 0.0909. The van der Waals surface area contributed by atoms with Crippen LogP contribution in [0.5, 0.6) is 5.75 Å². The number of fused-ring (bicyclic) bond motifs is 1. The van der Waals surface area contributed by atoms with Crippen LogP contribution in [0.4, 0.5) is 18.9 Å². The number of carbonyl (C=O) groups is 1. The maximum Gasteiger partial charge on any atom is 0.418 e. The maximum absolute atomic E-state index is 13.2. The molecule has 0 unspecified atom stereocenters. The van der Waals surface area contributed by atoms with Crippen LogP contribution in [0.1, 0.15) is 5.56 Å². The van der Waals surface area contributed by atoms with Crippen LogP contribution < -0.4 is 10.1 Å². The van der Waals surface area contributed by atoms with Gasteiger partial charge in [0.05, 0.1) is 27.0 Å². The molecule has 0 saturated heterocycles. The molecule has 0 atom stereocenters. The summed E-state index contributed by atoms with van der Waals surface area (Å²) >= 11 is 7.14. The van der Waals surface area contributed by atoms with Gasteiger partial charge in [0.1, 0.15) is 10.8 Å². The van der Waals surface area contributed by atoms with Gasteiger partial charge >= 0.3 is 6.18 Å². The van der Waals surface area contributed by atoms with Crippen molar-refractivity contribution in [2.45, 2.75) is 6.18 Å². The Kier molecular flexibility index (Phi) is 5.84. The minimum absolute atomic E-state index is 0.0775. The molecule has 0 bridgehead atoms. The highest BCUT2D eigenvalue weighted by atomic mass is 35.5. The van der Waals surface area contributed by atoms with Gasteiger partial charge in [-0.15, -0.1) is 11.3 Å². The van der Waals surface area contributed by atoms with E-state index < -0.39 is 24.3 Å². The zero-order valence-corrected chi connectivity index (χ0v) is 17.3. The molecule has 9 heteroatoms. The minimum Gasteiger partial charge on any atom is -0.483 e. The van der Waals surface area contributed by atoms with Gasteiger partial charge in [0, 0.05) is 5.02 Å². The number of rotatable bonds is 5. The Morgan fingerprint density at radius 1 is 1.06 bits per heavy atom. The summed E-state index contributed by atoms with van der Waals surface area (Å²) in [5.41, 5.74) is 0.129. The smallest absolute Gasteiger partial charge is 0.418 e. The van der Waals surface area contributed by atoms with Gasteiger partial charge in [0.15, 0.2) is 6.61 Å². The van der Waals surface area contributed by atoms with Crippen molar-refractivity contribution in [1.29, 1.82) is 0 Å². The Morgan fingerprint density at radius 2 is 1.81 bits per heavy atom. The van der Waals surface area contributed by atoms with E-state index in [1.54, 1.807) is 12.1 Å². The van der Waals surface area contributed by atoms with Gasteiger partial charge in [-0.3, -0.25) is 4.79 Å². The number of carbonyl (C=O) groups excluding carboxylic acids is 1. The highest BCUT2D eigenvalue weighted by molar-refractivity contribution is 7.21. The third-order valence-electron chi connectivity index (χ3n) is 4.33. The van der Waals surface area contributed by atoms with Crippen LogP contribution in [-0.4, -0.2) is 17.5 Å². The van der Waals surface area contributed by atoms with E-state index in [1.165, 1.54) is 17.4 Å². The minimum atomic E-state index is -4.66. The second-order valence-corrected chi connectivity index (χ2v) is 7.97. The van der Waals surface area contributed by atoms with E-state index in [1.807, 2.05) is 36.4 Å². The Bertz CT molecular complexity index is 1220. The quantitative estimate of drug-likeness (QED) is 0.361. The van der Waals surface area contributed by atoms with Gasteiger partial charge in [0.25, 0.3) is 5.91 Å². The topological polar surface area (TPSA) is 51.2 Å². The number of halogens is 4. The zero-order valence-electron chi connectivity index (χ0n) is 15.7. The molecule has 31 heavy (non-hydrogen) atoms. The first-order valence-electron chi connectivity index (χ1n) is 9.05. The van der Waals surface area contributed by atoms with Crippen LogP contribution in [0.3, 0.4) is 0 Å². The molecule has 158 valence electrons. The van der Waals surface area contributed by atoms with Crippen LogP contribution in [0, 0.1) is 0 Å². The number of thiazole rings is 1. The van der Waals surface area contributed by atoms with Crippen molar-refractivity contribution in [2.24, 2.45) is 0 Å². The number of amides is 1.